The maximum Gasteiger partial charge on any atom is 0.434 e. The highest BCUT2D eigenvalue weighted by Gasteiger charge is 2.36. The fraction of sp³-hybridized carbons (Fsp3) is 0.217. The van der Waals surface area contributed by atoms with Gasteiger partial charge in [-0.25, -0.2) is 13.9 Å². The van der Waals surface area contributed by atoms with Crippen LogP contribution in [0.15, 0.2) is 48.8 Å². The summed E-state index contributed by atoms with van der Waals surface area (Å²) in [6.07, 6.45) is -2.22. The number of carbonyl (C=O) groups excluding carboxylic acids is 1. The average molecular weight is 492 g/mol. The van der Waals surface area contributed by atoms with Gasteiger partial charge in [0.05, 0.1) is 28.3 Å². The lowest BCUT2D eigenvalue weighted by molar-refractivity contribution is -0.140. The van der Waals surface area contributed by atoms with Gasteiger partial charge in [-0.15, -0.1) is 0 Å². The van der Waals surface area contributed by atoms with Crippen LogP contribution < -0.4 is 5.32 Å². The van der Waals surface area contributed by atoms with Crippen LogP contribution >= 0.6 is 11.6 Å². The molecule has 6 nitrogen and oxygen atoms in total. The molecule has 0 atom stereocenters. The summed E-state index contributed by atoms with van der Waals surface area (Å²) in [4.78, 5) is 20.1. The van der Waals surface area contributed by atoms with Crippen LogP contribution in [-0.2, 0) is 11.0 Å². The Morgan fingerprint density at radius 2 is 1.79 bits per heavy atom. The van der Waals surface area contributed by atoms with Crippen molar-refractivity contribution in [2.45, 2.75) is 26.9 Å². The van der Waals surface area contributed by atoms with Crippen LogP contribution in [0.5, 0.6) is 0 Å². The molecule has 0 aliphatic rings. The number of amides is 1. The van der Waals surface area contributed by atoms with Crippen molar-refractivity contribution in [3.63, 3.8) is 0 Å². The van der Waals surface area contributed by atoms with E-state index in [1.165, 1.54) is 41.0 Å². The molecule has 0 saturated carbocycles. The second kappa shape index (κ2) is 8.35. The second-order valence-corrected chi connectivity index (χ2v) is 8.97. The molecule has 0 radical (unpaired) electrons. The zero-order valence-electron chi connectivity index (χ0n) is 18.2. The van der Waals surface area contributed by atoms with Gasteiger partial charge in [-0.3, -0.25) is 9.78 Å². The molecule has 34 heavy (non-hydrogen) atoms. The van der Waals surface area contributed by atoms with E-state index in [1.807, 2.05) is 0 Å². The molecule has 0 saturated heterocycles. The van der Waals surface area contributed by atoms with Crippen LogP contribution in [0.4, 0.5) is 23.2 Å². The first-order chi connectivity index (χ1) is 15.8. The van der Waals surface area contributed by atoms with E-state index >= 15 is 0 Å². The molecule has 4 rings (SSSR count). The highest BCUT2D eigenvalue weighted by Crippen LogP contribution is 2.35. The molecular weight excluding hydrogens is 474 g/mol. The zero-order chi connectivity index (χ0) is 24.8. The van der Waals surface area contributed by atoms with Crippen molar-refractivity contribution in [1.82, 2.24) is 19.6 Å². The largest absolute Gasteiger partial charge is 0.434 e. The summed E-state index contributed by atoms with van der Waals surface area (Å²) in [5, 5.41) is 6.90. The maximum absolute atomic E-state index is 14.7. The van der Waals surface area contributed by atoms with Crippen molar-refractivity contribution >= 4 is 28.8 Å². The summed E-state index contributed by atoms with van der Waals surface area (Å²) in [6, 6.07) is 7.91. The number of hydrogen-bond donors (Lipinski definition) is 1. The van der Waals surface area contributed by atoms with Crippen molar-refractivity contribution in [2.75, 3.05) is 5.32 Å². The van der Waals surface area contributed by atoms with E-state index in [4.69, 9.17) is 11.6 Å². The van der Waals surface area contributed by atoms with Gasteiger partial charge in [-0.1, -0.05) is 32.4 Å². The van der Waals surface area contributed by atoms with E-state index in [0.29, 0.717) is 0 Å². The highest BCUT2D eigenvalue weighted by molar-refractivity contribution is 6.34. The minimum Gasteiger partial charge on any atom is -0.324 e. The van der Waals surface area contributed by atoms with E-state index < -0.39 is 23.1 Å². The SMILES string of the molecule is CC(C)(C)C(=O)Nc1cc(-c2cn3nc(-c4cccnc4C(F)(F)F)ccc3n2)c(F)cc1Cl. The van der Waals surface area contributed by atoms with Gasteiger partial charge in [0.1, 0.15) is 5.82 Å². The molecule has 3 aromatic heterocycles. The van der Waals surface area contributed by atoms with Crippen LogP contribution in [0.1, 0.15) is 26.5 Å². The number of pyridine rings is 1. The van der Waals surface area contributed by atoms with Crippen molar-refractivity contribution in [3.05, 3.63) is 65.3 Å². The minimum absolute atomic E-state index is 0.0132. The number of rotatable bonds is 3. The molecule has 0 bridgehead atoms. The fourth-order valence-electron chi connectivity index (χ4n) is 3.14. The van der Waals surface area contributed by atoms with Gasteiger partial charge in [0, 0.05) is 22.7 Å². The number of anilines is 1. The number of hydrogen-bond acceptors (Lipinski definition) is 4. The smallest absolute Gasteiger partial charge is 0.324 e. The summed E-state index contributed by atoms with van der Waals surface area (Å²) >= 11 is 6.11. The number of nitrogens with zero attached hydrogens (tertiary/aromatic N) is 4. The van der Waals surface area contributed by atoms with E-state index in [0.717, 1.165) is 12.3 Å². The van der Waals surface area contributed by atoms with Crippen molar-refractivity contribution < 1.29 is 22.4 Å². The van der Waals surface area contributed by atoms with Crippen LogP contribution in [-0.4, -0.2) is 25.5 Å². The van der Waals surface area contributed by atoms with Gasteiger partial charge in [0.15, 0.2) is 11.3 Å². The molecule has 0 aliphatic carbocycles. The predicted molar refractivity (Wildman–Crippen MR) is 120 cm³/mol. The Balaban J connectivity index is 1.77. The third-order valence-electron chi connectivity index (χ3n) is 4.93. The Hall–Kier alpha value is -3.53. The summed E-state index contributed by atoms with van der Waals surface area (Å²) < 4.78 is 56.1. The average Bonchev–Trinajstić information content (AvgIpc) is 3.17. The molecule has 176 valence electrons. The maximum atomic E-state index is 14.7. The van der Waals surface area contributed by atoms with Crippen LogP contribution in [0.25, 0.3) is 28.2 Å². The molecule has 0 fully saturated rings. The molecule has 0 spiro atoms. The quantitative estimate of drug-likeness (QED) is 0.344. The zero-order valence-corrected chi connectivity index (χ0v) is 19.0. The Bertz CT molecular complexity index is 1410. The second-order valence-electron chi connectivity index (χ2n) is 8.56. The standard InChI is InChI=1S/C23H18ClF4N5O/c1-22(2,3)21(34)31-17-9-13(15(25)10-14(17)24)18-11-33-19(30-18)7-6-16(32-33)12-5-4-8-29-20(12)23(26,27)28/h4-11H,1-3H3,(H,31,34). The highest BCUT2D eigenvalue weighted by atomic mass is 35.5. The van der Waals surface area contributed by atoms with Crippen molar-refractivity contribution in [1.29, 1.82) is 0 Å². The first-order valence-corrected chi connectivity index (χ1v) is 10.4. The Labute approximate surface area is 196 Å². The van der Waals surface area contributed by atoms with Gasteiger partial charge in [-0.05, 0) is 36.4 Å². The molecule has 0 aliphatic heterocycles. The number of imidazole rings is 1. The fourth-order valence-corrected chi connectivity index (χ4v) is 3.34. The number of benzene rings is 1. The molecule has 1 N–H and O–H groups in total. The van der Waals surface area contributed by atoms with E-state index in [1.54, 1.807) is 20.8 Å². The number of carbonyl (C=O) groups is 1. The summed E-state index contributed by atoms with van der Waals surface area (Å²) in [6.45, 7) is 5.16. The third kappa shape index (κ3) is 4.58. The lowest BCUT2D eigenvalue weighted by atomic mass is 9.95. The summed E-state index contributed by atoms with van der Waals surface area (Å²) in [5.74, 6) is -1.00. The van der Waals surface area contributed by atoms with Gasteiger partial charge in [-0.2, -0.15) is 18.3 Å². The molecule has 4 aromatic rings. The summed E-state index contributed by atoms with van der Waals surface area (Å²) in [7, 11) is 0. The van der Waals surface area contributed by atoms with Gasteiger partial charge >= 0.3 is 6.18 Å². The number of fused-ring (bicyclic) bond motifs is 1. The Morgan fingerprint density at radius 1 is 1.06 bits per heavy atom. The number of alkyl halides is 3. The predicted octanol–water partition coefficient (Wildman–Crippen LogP) is 6.25. The minimum atomic E-state index is -4.66. The molecule has 11 heteroatoms. The Kier molecular flexibility index (Phi) is 5.80. The van der Waals surface area contributed by atoms with E-state index in [2.05, 4.69) is 20.4 Å². The van der Waals surface area contributed by atoms with Gasteiger partial charge in [0.25, 0.3) is 0 Å². The van der Waals surface area contributed by atoms with Gasteiger partial charge < -0.3 is 5.32 Å². The molecule has 1 amide bonds. The van der Waals surface area contributed by atoms with Crippen LogP contribution in [0.2, 0.25) is 5.02 Å². The molecule has 3 heterocycles. The first kappa shape index (κ1) is 23.6. The van der Waals surface area contributed by atoms with Crippen molar-refractivity contribution in [2.24, 2.45) is 5.41 Å². The molecule has 1 aromatic carbocycles. The Morgan fingerprint density at radius 3 is 2.47 bits per heavy atom. The van der Waals surface area contributed by atoms with E-state index in [-0.39, 0.29) is 44.8 Å². The van der Waals surface area contributed by atoms with E-state index in [9.17, 15) is 22.4 Å². The number of nitrogens with one attached hydrogen (secondary N) is 1. The normalized spacial score (nSPS) is 12.2. The third-order valence-corrected chi connectivity index (χ3v) is 5.25. The van der Waals surface area contributed by atoms with Gasteiger partial charge in [0.2, 0.25) is 5.91 Å². The first-order valence-electron chi connectivity index (χ1n) is 10.0. The summed E-state index contributed by atoms with van der Waals surface area (Å²) in [5.41, 5.74) is -1.26. The van der Waals surface area contributed by atoms with Crippen molar-refractivity contribution in [3.8, 4) is 22.5 Å². The monoisotopic (exact) mass is 491 g/mol. The molecular formula is C23H18ClF4N5O. The molecule has 0 unspecified atom stereocenters. The number of halogens is 5. The topological polar surface area (TPSA) is 72.2 Å². The van der Waals surface area contributed by atoms with Crippen LogP contribution in [0.3, 0.4) is 0 Å². The lowest BCUT2D eigenvalue weighted by Crippen LogP contribution is -2.27. The number of aromatic nitrogens is 4. The lowest BCUT2D eigenvalue weighted by Gasteiger charge is -2.18. The van der Waals surface area contributed by atoms with Crippen LogP contribution in [0, 0.1) is 11.2 Å².